The molecule has 0 atom stereocenters. The third-order valence-corrected chi connectivity index (χ3v) is 5.89. The topological polar surface area (TPSA) is 76.7 Å². The van der Waals surface area contributed by atoms with Crippen molar-refractivity contribution in [1.29, 1.82) is 0 Å². The Labute approximate surface area is 187 Å². The molecule has 0 unspecified atom stereocenters. The molecule has 1 N–H and O–H groups in total. The number of carbonyl (C=O) groups excluding carboxylic acids is 1. The van der Waals surface area contributed by atoms with Gasteiger partial charge in [-0.3, -0.25) is 18.8 Å². The van der Waals surface area contributed by atoms with Crippen LogP contribution in [0.2, 0.25) is 0 Å². The van der Waals surface area contributed by atoms with Crippen LogP contribution in [0.5, 0.6) is 5.88 Å². The summed E-state index contributed by atoms with van der Waals surface area (Å²) in [6, 6.07) is 16.6. The monoisotopic (exact) mass is 435 g/mol. The van der Waals surface area contributed by atoms with E-state index in [2.05, 4.69) is 41.3 Å². The molecule has 0 saturated carbocycles. The van der Waals surface area contributed by atoms with Crippen LogP contribution in [-0.4, -0.2) is 51.2 Å². The summed E-state index contributed by atoms with van der Waals surface area (Å²) in [6.07, 6.45) is 1.71. The van der Waals surface area contributed by atoms with Gasteiger partial charge in [0, 0.05) is 26.1 Å². The maximum atomic E-state index is 12.6. The first kappa shape index (κ1) is 22.0. The van der Waals surface area contributed by atoms with Crippen molar-refractivity contribution in [1.82, 2.24) is 14.0 Å². The smallest absolute Gasteiger partial charge is 0.331 e. The Kier molecular flexibility index (Phi) is 6.87. The van der Waals surface area contributed by atoms with Crippen LogP contribution in [0.1, 0.15) is 24.5 Å². The molecule has 3 aromatic rings. The molecule has 168 valence electrons. The van der Waals surface area contributed by atoms with Crippen LogP contribution in [0, 0.1) is 0 Å². The number of nitrogens with zero attached hydrogens (tertiary/aromatic N) is 3. The van der Waals surface area contributed by atoms with E-state index in [0.29, 0.717) is 13.0 Å². The summed E-state index contributed by atoms with van der Waals surface area (Å²) in [7, 11) is 0. The van der Waals surface area contributed by atoms with Gasteiger partial charge in [-0.15, -0.1) is 0 Å². The molecule has 0 spiro atoms. The quantitative estimate of drug-likeness (QED) is 0.589. The van der Waals surface area contributed by atoms with E-state index in [1.807, 2.05) is 12.1 Å². The van der Waals surface area contributed by atoms with Crippen molar-refractivity contribution >= 4 is 5.78 Å². The standard InChI is InChI=1S/C25H29N3O4/c1-2-22(29)17-28-24(30)18-27(25(28)31)15-19-7-9-20(10-8-19)23-6-4-3-5-21(23)16-26-11-13-32-14-12-26/h3-10,18,30H,2,11-17H2,1H3. The van der Waals surface area contributed by atoms with Gasteiger partial charge in [-0.05, 0) is 22.3 Å². The normalized spacial score (nSPS) is 14.5. The molecular formula is C25H29N3O4. The zero-order valence-electron chi connectivity index (χ0n) is 18.4. The number of hydrogen-bond donors (Lipinski definition) is 1. The molecule has 7 heteroatoms. The Morgan fingerprint density at radius 2 is 1.75 bits per heavy atom. The van der Waals surface area contributed by atoms with Crippen molar-refractivity contribution in [3.63, 3.8) is 0 Å². The summed E-state index contributed by atoms with van der Waals surface area (Å²) < 4.78 is 8.00. The number of aromatic nitrogens is 2. The summed E-state index contributed by atoms with van der Waals surface area (Å²) in [5.41, 5.74) is 4.16. The number of morpholine rings is 1. The lowest BCUT2D eigenvalue weighted by Crippen LogP contribution is -2.35. The van der Waals surface area contributed by atoms with Crippen LogP contribution in [0.25, 0.3) is 11.1 Å². The third kappa shape index (κ3) is 5.00. The van der Waals surface area contributed by atoms with Crippen molar-refractivity contribution in [2.24, 2.45) is 0 Å². The maximum Gasteiger partial charge on any atom is 0.331 e. The molecule has 0 bridgehead atoms. The molecule has 1 fully saturated rings. The largest absolute Gasteiger partial charge is 0.493 e. The van der Waals surface area contributed by atoms with Gasteiger partial charge >= 0.3 is 5.69 Å². The van der Waals surface area contributed by atoms with Gasteiger partial charge in [0.05, 0.1) is 32.5 Å². The first-order chi connectivity index (χ1) is 15.5. The number of aromatic hydroxyl groups is 1. The highest BCUT2D eigenvalue weighted by Crippen LogP contribution is 2.26. The Morgan fingerprint density at radius 3 is 2.47 bits per heavy atom. The molecule has 1 saturated heterocycles. The number of ketones is 1. The molecule has 0 amide bonds. The number of hydrogen-bond acceptors (Lipinski definition) is 5. The molecular weight excluding hydrogens is 406 g/mol. The van der Waals surface area contributed by atoms with Crippen LogP contribution in [0.4, 0.5) is 0 Å². The number of benzene rings is 2. The summed E-state index contributed by atoms with van der Waals surface area (Å²) in [6.45, 7) is 6.29. The molecule has 7 nitrogen and oxygen atoms in total. The van der Waals surface area contributed by atoms with E-state index in [1.165, 1.54) is 21.9 Å². The molecule has 1 aliphatic heterocycles. The summed E-state index contributed by atoms with van der Waals surface area (Å²) in [5, 5.41) is 10.1. The van der Waals surface area contributed by atoms with Gasteiger partial charge in [0.1, 0.15) is 0 Å². The number of ether oxygens (including phenoxy) is 1. The Balaban J connectivity index is 1.51. The lowest BCUT2D eigenvalue weighted by Gasteiger charge is -2.27. The molecule has 0 radical (unpaired) electrons. The lowest BCUT2D eigenvalue weighted by atomic mass is 9.98. The highest BCUT2D eigenvalue weighted by molar-refractivity contribution is 5.78. The first-order valence-corrected chi connectivity index (χ1v) is 11.0. The molecule has 2 aromatic carbocycles. The molecule has 1 aliphatic rings. The van der Waals surface area contributed by atoms with Crippen LogP contribution < -0.4 is 5.69 Å². The minimum Gasteiger partial charge on any atom is -0.493 e. The van der Waals surface area contributed by atoms with Crippen molar-refractivity contribution in [3.8, 4) is 17.0 Å². The van der Waals surface area contributed by atoms with Gasteiger partial charge in [0.2, 0.25) is 5.88 Å². The van der Waals surface area contributed by atoms with Crippen LogP contribution >= 0.6 is 0 Å². The second kappa shape index (κ2) is 9.97. The fourth-order valence-corrected chi connectivity index (χ4v) is 3.99. The van der Waals surface area contributed by atoms with Crippen LogP contribution in [-0.2, 0) is 29.2 Å². The van der Waals surface area contributed by atoms with Crippen molar-refractivity contribution in [2.75, 3.05) is 26.3 Å². The average Bonchev–Trinajstić information content (AvgIpc) is 3.08. The molecule has 0 aliphatic carbocycles. The second-order valence-corrected chi connectivity index (χ2v) is 8.12. The van der Waals surface area contributed by atoms with Gasteiger partial charge in [-0.1, -0.05) is 55.5 Å². The van der Waals surface area contributed by atoms with E-state index in [4.69, 9.17) is 4.74 Å². The van der Waals surface area contributed by atoms with Gasteiger partial charge in [-0.2, -0.15) is 0 Å². The minimum absolute atomic E-state index is 0.0970. The maximum absolute atomic E-state index is 12.6. The summed E-state index contributed by atoms with van der Waals surface area (Å²) >= 11 is 0. The third-order valence-electron chi connectivity index (χ3n) is 5.89. The SMILES string of the molecule is CCC(=O)Cn1c(O)cn(Cc2ccc(-c3ccccc3CN3CCOCC3)cc2)c1=O. The van der Waals surface area contributed by atoms with E-state index in [1.54, 1.807) is 6.92 Å². The predicted molar refractivity (Wildman–Crippen MR) is 123 cm³/mol. The molecule has 2 heterocycles. The second-order valence-electron chi connectivity index (χ2n) is 8.12. The van der Waals surface area contributed by atoms with Crippen molar-refractivity contribution in [2.45, 2.75) is 33.0 Å². The van der Waals surface area contributed by atoms with E-state index in [9.17, 15) is 14.7 Å². The highest BCUT2D eigenvalue weighted by Gasteiger charge is 2.15. The predicted octanol–water partition coefficient (Wildman–Crippen LogP) is 2.88. The average molecular weight is 436 g/mol. The number of Topliss-reactive ketones (excluding diaryl/α,β-unsaturated/α-hetero) is 1. The van der Waals surface area contributed by atoms with Gasteiger partial charge in [-0.25, -0.2) is 4.79 Å². The first-order valence-electron chi connectivity index (χ1n) is 11.0. The Morgan fingerprint density at radius 1 is 1.03 bits per heavy atom. The van der Waals surface area contributed by atoms with Crippen LogP contribution in [0.15, 0.2) is 59.5 Å². The van der Waals surface area contributed by atoms with Crippen LogP contribution in [0.3, 0.4) is 0 Å². The van der Waals surface area contributed by atoms with E-state index in [0.717, 1.165) is 48.5 Å². The van der Waals surface area contributed by atoms with Crippen molar-refractivity contribution < 1.29 is 14.6 Å². The van der Waals surface area contributed by atoms with Crippen molar-refractivity contribution in [3.05, 3.63) is 76.3 Å². The van der Waals surface area contributed by atoms with E-state index >= 15 is 0 Å². The van der Waals surface area contributed by atoms with E-state index < -0.39 is 0 Å². The van der Waals surface area contributed by atoms with Gasteiger partial charge in [0.15, 0.2) is 5.78 Å². The zero-order valence-corrected chi connectivity index (χ0v) is 18.4. The Bertz CT molecular complexity index is 1120. The number of imidazole rings is 1. The molecule has 1 aromatic heterocycles. The summed E-state index contributed by atoms with van der Waals surface area (Å²) in [5.74, 6) is -0.286. The Hall–Kier alpha value is -3.16. The lowest BCUT2D eigenvalue weighted by molar-refractivity contribution is -0.119. The fraction of sp³-hybridized carbons (Fsp3) is 0.360. The fourth-order valence-electron chi connectivity index (χ4n) is 3.99. The van der Waals surface area contributed by atoms with E-state index in [-0.39, 0.29) is 23.9 Å². The zero-order chi connectivity index (χ0) is 22.5. The van der Waals surface area contributed by atoms with Gasteiger partial charge in [0.25, 0.3) is 0 Å². The minimum atomic E-state index is -0.385. The highest BCUT2D eigenvalue weighted by atomic mass is 16.5. The number of carbonyl (C=O) groups is 1. The molecule has 32 heavy (non-hydrogen) atoms. The van der Waals surface area contributed by atoms with Gasteiger partial charge < -0.3 is 9.84 Å². The number of rotatable bonds is 8. The summed E-state index contributed by atoms with van der Waals surface area (Å²) in [4.78, 5) is 26.7. The molecule has 4 rings (SSSR count).